The third-order valence-electron chi connectivity index (χ3n) is 7.87. The van der Waals surface area contributed by atoms with E-state index in [1.165, 1.54) is 22.3 Å². The molecule has 5 nitrogen and oxygen atoms in total. The summed E-state index contributed by atoms with van der Waals surface area (Å²) >= 11 is 6.23. The second-order valence-electron chi connectivity index (χ2n) is 11.0. The highest BCUT2D eigenvalue weighted by molar-refractivity contribution is 6.56. The molecule has 1 aliphatic carbocycles. The molecule has 3 aromatic rings. The number of hydrogen-bond donors (Lipinski definition) is 1. The Morgan fingerprint density at radius 2 is 1.55 bits per heavy atom. The maximum atomic E-state index is 12.9. The van der Waals surface area contributed by atoms with Crippen LogP contribution in [0.2, 0.25) is 5.02 Å². The predicted octanol–water partition coefficient (Wildman–Crippen LogP) is 7.20. The number of aryl methyl sites for hydroxylation is 1. The highest BCUT2D eigenvalue weighted by Gasteiger charge is 2.52. The zero-order valence-electron chi connectivity index (χ0n) is 22.5. The Morgan fingerprint density at radius 1 is 0.974 bits per heavy atom. The summed E-state index contributed by atoms with van der Waals surface area (Å²) in [4.78, 5) is 12.9. The summed E-state index contributed by atoms with van der Waals surface area (Å²) in [6.07, 6.45) is 1.50. The lowest BCUT2D eigenvalue weighted by molar-refractivity contribution is 0.00578. The number of carbonyl (C=O) groups is 1. The van der Waals surface area contributed by atoms with Gasteiger partial charge in [0.05, 0.1) is 11.2 Å². The summed E-state index contributed by atoms with van der Waals surface area (Å²) < 4.78 is 18.3. The molecule has 1 fully saturated rings. The van der Waals surface area contributed by atoms with Gasteiger partial charge in [-0.25, -0.2) is 4.79 Å². The van der Waals surface area contributed by atoms with Gasteiger partial charge in [0, 0.05) is 17.5 Å². The fourth-order valence-electron chi connectivity index (χ4n) is 4.99. The number of carbonyl (C=O) groups excluding carboxylic acids is 1. The van der Waals surface area contributed by atoms with Crippen LogP contribution in [0, 0.1) is 6.92 Å². The fraction of sp³-hybridized carbons (Fsp3) is 0.323. The summed E-state index contributed by atoms with van der Waals surface area (Å²) in [5, 5.41) is 3.62. The smallest absolute Gasteiger partial charge is 0.449 e. The van der Waals surface area contributed by atoms with Gasteiger partial charge < -0.3 is 19.4 Å². The summed E-state index contributed by atoms with van der Waals surface area (Å²) in [7, 11) is -0.607. The predicted molar refractivity (Wildman–Crippen MR) is 153 cm³/mol. The molecule has 7 heteroatoms. The SMILES string of the molecule is Cc1cc(C=C(CNC(=O)OCC2c3ccccc3-c3ccccc32)B2OC(C)(C)C(C)(C)O2)ccc1Cl. The van der Waals surface area contributed by atoms with E-state index >= 15 is 0 Å². The molecule has 0 radical (unpaired) electrons. The van der Waals surface area contributed by atoms with E-state index in [0.29, 0.717) is 5.02 Å². The van der Waals surface area contributed by atoms with Gasteiger partial charge in [-0.1, -0.05) is 78.3 Å². The van der Waals surface area contributed by atoms with Crippen molar-refractivity contribution in [2.45, 2.75) is 51.7 Å². The molecule has 0 unspecified atom stereocenters. The molecular weight excluding hydrogens is 497 g/mol. The van der Waals surface area contributed by atoms with E-state index in [1.54, 1.807) is 0 Å². The molecule has 1 amide bonds. The van der Waals surface area contributed by atoms with Crippen molar-refractivity contribution in [1.29, 1.82) is 0 Å². The van der Waals surface area contributed by atoms with Crippen LogP contribution >= 0.6 is 11.6 Å². The van der Waals surface area contributed by atoms with Gasteiger partial charge >= 0.3 is 13.2 Å². The van der Waals surface area contributed by atoms with Crippen LogP contribution < -0.4 is 5.32 Å². The van der Waals surface area contributed by atoms with Gasteiger partial charge in [-0.05, 0) is 79.5 Å². The minimum absolute atomic E-state index is 0.00306. The Balaban J connectivity index is 1.30. The number of hydrogen-bond acceptors (Lipinski definition) is 4. The van der Waals surface area contributed by atoms with Gasteiger partial charge in [0.25, 0.3) is 0 Å². The molecule has 196 valence electrons. The summed E-state index contributed by atoms with van der Waals surface area (Å²) in [6, 6.07) is 22.4. The van der Waals surface area contributed by atoms with E-state index in [9.17, 15) is 4.79 Å². The largest absolute Gasteiger partial charge is 0.492 e. The third kappa shape index (κ3) is 5.13. The first-order valence-corrected chi connectivity index (χ1v) is 13.3. The van der Waals surface area contributed by atoms with E-state index in [2.05, 4.69) is 29.6 Å². The molecule has 0 aromatic heterocycles. The molecule has 2 aliphatic rings. The van der Waals surface area contributed by atoms with Crippen molar-refractivity contribution in [3.05, 3.63) is 99.5 Å². The maximum absolute atomic E-state index is 12.9. The number of nitrogens with one attached hydrogen (secondary N) is 1. The summed E-state index contributed by atoms with van der Waals surface area (Å²) in [6.45, 7) is 10.5. The third-order valence-corrected chi connectivity index (χ3v) is 8.29. The standard InChI is InChI=1S/C31H33BClNO4/c1-20-16-21(14-15-28(20)33)17-22(32-37-30(2,3)31(4,5)38-32)18-34-29(35)36-19-27-25-12-8-6-10-23(25)24-11-7-9-13-26(24)27/h6-17,27H,18-19H2,1-5H3,(H,34,35). The number of amides is 1. The van der Waals surface area contributed by atoms with Crippen LogP contribution in [0.3, 0.4) is 0 Å². The Bertz CT molecular complexity index is 1340. The Kier molecular flexibility index (Phi) is 7.16. The number of rotatable bonds is 6. The van der Waals surface area contributed by atoms with Crippen molar-refractivity contribution in [1.82, 2.24) is 5.32 Å². The van der Waals surface area contributed by atoms with Crippen LogP contribution in [-0.4, -0.2) is 37.6 Å². The van der Waals surface area contributed by atoms with E-state index in [-0.39, 0.29) is 19.1 Å². The van der Waals surface area contributed by atoms with Crippen molar-refractivity contribution in [3.63, 3.8) is 0 Å². The first-order valence-electron chi connectivity index (χ1n) is 13.0. The Morgan fingerprint density at radius 3 is 2.13 bits per heavy atom. The van der Waals surface area contributed by atoms with Gasteiger partial charge in [-0.15, -0.1) is 0 Å². The summed E-state index contributed by atoms with van der Waals surface area (Å²) in [5.41, 5.74) is 6.45. The van der Waals surface area contributed by atoms with Gasteiger partial charge in [0.1, 0.15) is 6.61 Å². The zero-order valence-corrected chi connectivity index (χ0v) is 23.3. The number of ether oxygens (including phenoxy) is 1. The first kappa shape index (κ1) is 26.5. The molecule has 3 aromatic carbocycles. The number of halogens is 1. The van der Waals surface area contributed by atoms with Gasteiger partial charge in [0.2, 0.25) is 0 Å². The van der Waals surface area contributed by atoms with Gasteiger partial charge in [-0.2, -0.15) is 0 Å². The monoisotopic (exact) mass is 529 g/mol. The van der Waals surface area contributed by atoms with Crippen molar-refractivity contribution in [3.8, 4) is 11.1 Å². The second-order valence-corrected chi connectivity index (χ2v) is 11.4. The molecule has 1 N–H and O–H groups in total. The lowest BCUT2D eigenvalue weighted by Crippen LogP contribution is -2.41. The molecule has 1 heterocycles. The van der Waals surface area contributed by atoms with E-state index in [1.807, 2.05) is 83.2 Å². The fourth-order valence-corrected chi connectivity index (χ4v) is 5.11. The normalized spacial score (nSPS) is 17.7. The molecule has 1 saturated heterocycles. The summed E-state index contributed by atoms with van der Waals surface area (Å²) in [5.74, 6) is 0.00306. The minimum Gasteiger partial charge on any atom is -0.449 e. The van der Waals surface area contributed by atoms with Gasteiger partial charge in [-0.3, -0.25) is 0 Å². The van der Waals surface area contributed by atoms with Crippen LogP contribution in [0.15, 0.2) is 72.2 Å². The van der Waals surface area contributed by atoms with Crippen molar-refractivity contribution in [2.24, 2.45) is 0 Å². The molecular formula is C31H33BClNO4. The van der Waals surface area contributed by atoms with Crippen LogP contribution in [0.1, 0.15) is 55.9 Å². The average Bonchev–Trinajstić information content (AvgIpc) is 3.31. The van der Waals surface area contributed by atoms with Crippen LogP contribution in [0.25, 0.3) is 17.2 Å². The number of alkyl carbamates (subject to hydrolysis) is 1. The zero-order chi connectivity index (χ0) is 27.1. The number of fused-ring (bicyclic) bond motifs is 3. The average molecular weight is 530 g/mol. The van der Waals surface area contributed by atoms with Crippen molar-refractivity contribution < 1.29 is 18.8 Å². The van der Waals surface area contributed by atoms with Crippen LogP contribution in [-0.2, 0) is 14.0 Å². The van der Waals surface area contributed by atoms with Crippen molar-refractivity contribution in [2.75, 3.05) is 13.2 Å². The topological polar surface area (TPSA) is 56.8 Å². The molecule has 0 bridgehead atoms. The lowest BCUT2D eigenvalue weighted by atomic mass is 9.77. The minimum atomic E-state index is -0.607. The van der Waals surface area contributed by atoms with E-state index < -0.39 is 24.4 Å². The molecule has 5 rings (SSSR count). The molecule has 0 atom stereocenters. The van der Waals surface area contributed by atoms with Crippen molar-refractivity contribution >= 4 is 30.9 Å². The Labute approximate surface area is 230 Å². The quantitative estimate of drug-likeness (QED) is 0.343. The molecule has 0 spiro atoms. The van der Waals surface area contributed by atoms with Crippen LogP contribution in [0.4, 0.5) is 4.79 Å². The first-order chi connectivity index (χ1) is 18.1. The highest BCUT2D eigenvalue weighted by atomic mass is 35.5. The second kappa shape index (κ2) is 10.3. The van der Waals surface area contributed by atoms with E-state index in [4.69, 9.17) is 25.6 Å². The maximum Gasteiger partial charge on any atom is 0.492 e. The molecule has 38 heavy (non-hydrogen) atoms. The van der Waals surface area contributed by atoms with E-state index in [0.717, 1.165) is 16.6 Å². The Hall–Kier alpha value is -3.06. The van der Waals surface area contributed by atoms with Crippen LogP contribution in [0.5, 0.6) is 0 Å². The molecule has 0 saturated carbocycles. The lowest BCUT2D eigenvalue weighted by Gasteiger charge is -2.32. The van der Waals surface area contributed by atoms with Gasteiger partial charge in [0.15, 0.2) is 0 Å². The molecule has 1 aliphatic heterocycles. The number of benzene rings is 3. The highest BCUT2D eigenvalue weighted by Crippen LogP contribution is 2.44.